The summed E-state index contributed by atoms with van der Waals surface area (Å²) in [4.78, 5) is 7.11. The van der Waals surface area contributed by atoms with Crippen LogP contribution in [0.3, 0.4) is 0 Å². The Bertz CT molecular complexity index is 448. The van der Waals surface area contributed by atoms with Crippen molar-refractivity contribution in [3.8, 4) is 0 Å². The number of unbranched alkanes of at least 4 members (excludes halogenated alkanes) is 1. The Morgan fingerprint density at radius 2 is 2.00 bits per heavy atom. The van der Waals surface area contributed by atoms with Crippen LogP contribution in [-0.4, -0.2) is 73.1 Å². The lowest BCUT2D eigenvalue weighted by Crippen LogP contribution is -2.39. The van der Waals surface area contributed by atoms with Crippen LogP contribution >= 0.6 is 24.0 Å². The van der Waals surface area contributed by atoms with Crippen LogP contribution in [0.15, 0.2) is 23.5 Å². The number of hydrogen-bond acceptors (Lipinski definition) is 4. The van der Waals surface area contributed by atoms with E-state index in [1.54, 1.807) is 0 Å². The molecular weight excluding hydrogens is 431 g/mol. The van der Waals surface area contributed by atoms with Gasteiger partial charge in [0.05, 0.1) is 13.2 Å². The second-order valence-electron chi connectivity index (χ2n) is 5.97. The lowest BCUT2D eigenvalue weighted by atomic mass is 10.3. The van der Waals surface area contributed by atoms with Crippen LogP contribution in [0, 0.1) is 0 Å². The smallest absolute Gasteiger partial charge is 0.191 e. The first kappa shape index (κ1) is 22.2. The number of morpholine rings is 1. The van der Waals surface area contributed by atoms with Crippen molar-refractivity contribution in [2.45, 2.75) is 32.7 Å². The van der Waals surface area contributed by atoms with E-state index in [2.05, 4.69) is 32.5 Å². The monoisotopic (exact) mass is 464 g/mol. The molecule has 8 heteroatoms. The summed E-state index contributed by atoms with van der Waals surface area (Å²) in [5.41, 5.74) is 0. The minimum absolute atomic E-state index is 0. The number of nitrogens with zero attached hydrogens (tertiary/aromatic N) is 4. The standard InChI is InChI=1S/C17H32N6O.HI/c1-2-18-17(20-8-5-11-23-12-6-9-21-23)19-7-3-4-10-22-13-15-24-16-14-22;/h6,9,12H,2-5,7-8,10-11,13-16H2,1H3,(H2,18,19,20);1H. The summed E-state index contributed by atoms with van der Waals surface area (Å²) >= 11 is 0. The average Bonchev–Trinajstić information content (AvgIpc) is 3.12. The Labute approximate surface area is 168 Å². The van der Waals surface area contributed by atoms with E-state index >= 15 is 0 Å². The third kappa shape index (κ3) is 10.0. The predicted molar refractivity (Wildman–Crippen MR) is 113 cm³/mol. The van der Waals surface area contributed by atoms with Crippen molar-refractivity contribution in [1.82, 2.24) is 25.3 Å². The molecule has 2 N–H and O–H groups in total. The topological polar surface area (TPSA) is 66.7 Å². The molecule has 0 bridgehead atoms. The van der Waals surface area contributed by atoms with Gasteiger partial charge in [-0.05, 0) is 38.8 Å². The zero-order chi connectivity index (χ0) is 16.9. The maximum atomic E-state index is 5.37. The molecule has 1 aliphatic rings. The van der Waals surface area contributed by atoms with Crippen LogP contribution in [0.5, 0.6) is 0 Å². The summed E-state index contributed by atoms with van der Waals surface area (Å²) in [6.07, 6.45) is 7.17. The van der Waals surface area contributed by atoms with Crippen molar-refractivity contribution in [1.29, 1.82) is 0 Å². The number of halogens is 1. The summed E-state index contributed by atoms with van der Waals surface area (Å²) in [7, 11) is 0. The highest BCUT2D eigenvalue weighted by molar-refractivity contribution is 14.0. The van der Waals surface area contributed by atoms with Crippen LogP contribution in [0.2, 0.25) is 0 Å². The van der Waals surface area contributed by atoms with Gasteiger partial charge in [-0.3, -0.25) is 14.6 Å². The molecule has 2 heterocycles. The molecule has 1 fully saturated rings. The van der Waals surface area contributed by atoms with Gasteiger partial charge < -0.3 is 15.4 Å². The molecule has 1 aromatic heterocycles. The van der Waals surface area contributed by atoms with Gasteiger partial charge in [0, 0.05) is 51.7 Å². The van der Waals surface area contributed by atoms with Crippen LogP contribution in [-0.2, 0) is 11.3 Å². The summed E-state index contributed by atoms with van der Waals surface area (Å²) in [6.45, 7) is 10.8. The second kappa shape index (κ2) is 14.3. The molecule has 7 nitrogen and oxygen atoms in total. The zero-order valence-electron chi connectivity index (χ0n) is 15.3. The molecule has 0 aliphatic carbocycles. The Morgan fingerprint density at radius 1 is 1.16 bits per heavy atom. The van der Waals surface area contributed by atoms with Gasteiger partial charge in [0.2, 0.25) is 0 Å². The van der Waals surface area contributed by atoms with Crippen molar-refractivity contribution < 1.29 is 4.74 Å². The number of nitrogens with one attached hydrogen (secondary N) is 2. The van der Waals surface area contributed by atoms with Gasteiger partial charge in [-0.1, -0.05) is 0 Å². The Balaban J connectivity index is 0.00000312. The van der Waals surface area contributed by atoms with E-state index in [9.17, 15) is 0 Å². The molecule has 0 spiro atoms. The Morgan fingerprint density at radius 3 is 2.72 bits per heavy atom. The van der Waals surface area contributed by atoms with E-state index in [-0.39, 0.29) is 24.0 Å². The summed E-state index contributed by atoms with van der Waals surface area (Å²) in [5.74, 6) is 0.921. The van der Waals surface area contributed by atoms with E-state index in [1.165, 1.54) is 13.0 Å². The van der Waals surface area contributed by atoms with Crippen molar-refractivity contribution in [3.63, 3.8) is 0 Å². The number of guanidine groups is 1. The van der Waals surface area contributed by atoms with Gasteiger partial charge in [-0.25, -0.2) is 0 Å². The number of hydrogen-bond donors (Lipinski definition) is 2. The first-order valence-electron chi connectivity index (χ1n) is 9.18. The van der Waals surface area contributed by atoms with Crippen molar-refractivity contribution >= 4 is 29.9 Å². The largest absolute Gasteiger partial charge is 0.379 e. The molecule has 2 rings (SSSR count). The van der Waals surface area contributed by atoms with Gasteiger partial charge in [-0.15, -0.1) is 24.0 Å². The summed E-state index contributed by atoms with van der Waals surface area (Å²) in [6, 6.07) is 1.95. The van der Waals surface area contributed by atoms with Crippen molar-refractivity contribution in [2.24, 2.45) is 4.99 Å². The van der Waals surface area contributed by atoms with E-state index in [0.717, 1.165) is 71.3 Å². The van der Waals surface area contributed by atoms with E-state index in [1.807, 2.05) is 23.1 Å². The molecule has 1 aromatic rings. The highest BCUT2D eigenvalue weighted by Crippen LogP contribution is 1.99. The van der Waals surface area contributed by atoms with Gasteiger partial charge in [0.25, 0.3) is 0 Å². The molecule has 0 unspecified atom stereocenters. The SMILES string of the molecule is CCNC(=NCCCn1cccn1)NCCCCN1CCOCC1.I. The quantitative estimate of drug-likeness (QED) is 0.238. The van der Waals surface area contributed by atoms with E-state index in [4.69, 9.17) is 4.74 Å². The molecular formula is C17H33IN6O. The summed E-state index contributed by atoms with van der Waals surface area (Å²) in [5, 5.41) is 10.9. The van der Waals surface area contributed by atoms with E-state index < -0.39 is 0 Å². The first-order valence-corrected chi connectivity index (χ1v) is 9.18. The average molecular weight is 464 g/mol. The Hall–Kier alpha value is -0.870. The molecule has 1 aliphatic heterocycles. The van der Waals surface area contributed by atoms with Crippen LogP contribution in [0.25, 0.3) is 0 Å². The fourth-order valence-corrected chi connectivity index (χ4v) is 2.69. The minimum Gasteiger partial charge on any atom is -0.379 e. The zero-order valence-corrected chi connectivity index (χ0v) is 17.7. The highest BCUT2D eigenvalue weighted by atomic mass is 127. The molecule has 0 radical (unpaired) electrons. The van der Waals surface area contributed by atoms with Gasteiger partial charge in [0.1, 0.15) is 0 Å². The number of aliphatic imine (C=N–C) groups is 1. The lowest BCUT2D eigenvalue weighted by molar-refractivity contribution is 0.0372. The maximum Gasteiger partial charge on any atom is 0.191 e. The van der Waals surface area contributed by atoms with Gasteiger partial charge >= 0.3 is 0 Å². The number of aryl methyl sites for hydroxylation is 1. The number of rotatable bonds is 10. The summed E-state index contributed by atoms with van der Waals surface area (Å²) < 4.78 is 7.32. The molecule has 0 atom stereocenters. The lowest BCUT2D eigenvalue weighted by Gasteiger charge is -2.26. The molecule has 144 valence electrons. The van der Waals surface area contributed by atoms with Crippen LogP contribution in [0.1, 0.15) is 26.2 Å². The third-order valence-electron chi connectivity index (χ3n) is 4.02. The van der Waals surface area contributed by atoms with Crippen molar-refractivity contribution in [2.75, 3.05) is 52.5 Å². The second-order valence-corrected chi connectivity index (χ2v) is 5.97. The van der Waals surface area contributed by atoms with Crippen LogP contribution < -0.4 is 10.6 Å². The molecule has 0 amide bonds. The predicted octanol–water partition coefficient (Wildman–Crippen LogP) is 1.56. The number of ether oxygens (including phenoxy) is 1. The molecule has 0 aromatic carbocycles. The number of aromatic nitrogens is 2. The van der Waals surface area contributed by atoms with E-state index in [0.29, 0.717) is 0 Å². The molecule has 1 saturated heterocycles. The van der Waals surface area contributed by atoms with Gasteiger partial charge in [-0.2, -0.15) is 5.10 Å². The molecule has 0 saturated carbocycles. The fourth-order valence-electron chi connectivity index (χ4n) is 2.69. The first-order chi connectivity index (χ1) is 11.9. The normalized spacial score (nSPS) is 15.6. The van der Waals surface area contributed by atoms with Crippen molar-refractivity contribution in [3.05, 3.63) is 18.5 Å². The highest BCUT2D eigenvalue weighted by Gasteiger charge is 2.08. The fraction of sp³-hybridized carbons (Fsp3) is 0.765. The minimum atomic E-state index is 0. The van der Waals surface area contributed by atoms with Crippen LogP contribution in [0.4, 0.5) is 0 Å². The Kier molecular flexibility index (Phi) is 12.7. The maximum absolute atomic E-state index is 5.37. The third-order valence-corrected chi connectivity index (χ3v) is 4.02. The molecule has 25 heavy (non-hydrogen) atoms. The van der Waals surface area contributed by atoms with Gasteiger partial charge in [0.15, 0.2) is 5.96 Å².